The number of para-hydroxylation sites is 1. The first-order valence-electron chi connectivity index (χ1n) is 9.31. The van der Waals surface area contributed by atoms with E-state index in [1.807, 2.05) is 79.2 Å². The van der Waals surface area contributed by atoms with E-state index in [0.29, 0.717) is 11.6 Å². The molecule has 5 aromatic rings. The second-order valence-electron chi connectivity index (χ2n) is 7.04. The predicted octanol–water partition coefficient (Wildman–Crippen LogP) is 5.29. The predicted molar refractivity (Wildman–Crippen MR) is 122 cm³/mol. The maximum absolute atomic E-state index is 6.13. The molecule has 0 spiro atoms. The first kappa shape index (κ1) is 19.7. The van der Waals surface area contributed by atoms with Crippen LogP contribution in [0, 0.1) is 6.92 Å². The zero-order valence-corrected chi connectivity index (χ0v) is 17.4. The number of benzene rings is 3. The molecule has 0 saturated heterocycles. The number of halogens is 1. The second kappa shape index (κ2) is 7.65. The van der Waals surface area contributed by atoms with E-state index < -0.39 is 0 Å². The molecule has 0 bridgehead atoms. The summed E-state index contributed by atoms with van der Waals surface area (Å²) in [4.78, 5) is 13.5. The van der Waals surface area contributed by atoms with Crippen molar-refractivity contribution in [2.45, 2.75) is 6.92 Å². The Morgan fingerprint density at radius 2 is 1.77 bits per heavy atom. The molecule has 150 valence electrons. The lowest BCUT2D eigenvalue weighted by Gasteiger charge is -2.11. The number of nitrogens with two attached hydrogens (primary N) is 1. The lowest BCUT2D eigenvalue weighted by molar-refractivity contribution is 0.479. The fourth-order valence-electron chi connectivity index (χ4n) is 3.44. The van der Waals surface area contributed by atoms with Gasteiger partial charge in [-0.1, -0.05) is 12.1 Å². The summed E-state index contributed by atoms with van der Waals surface area (Å²) < 4.78 is 8.08. The summed E-state index contributed by atoms with van der Waals surface area (Å²) in [5.41, 5.74) is 10.8. The molecule has 0 radical (unpaired) electrons. The van der Waals surface area contributed by atoms with Gasteiger partial charge in [0.05, 0.1) is 22.9 Å². The van der Waals surface area contributed by atoms with Crippen molar-refractivity contribution in [1.29, 1.82) is 0 Å². The van der Waals surface area contributed by atoms with Gasteiger partial charge in [-0.3, -0.25) is 0 Å². The highest BCUT2D eigenvalue weighted by atomic mass is 35.5. The van der Waals surface area contributed by atoms with Gasteiger partial charge < -0.3 is 15.0 Å². The van der Waals surface area contributed by atoms with Gasteiger partial charge in [0.25, 0.3) is 0 Å². The summed E-state index contributed by atoms with van der Waals surface area (Å²) in [6.07, 6.45) is 1.80. The van der Waals surface area contributed by atoms with E-state index in [4.69, 9.17) is 10.5 Å². The van der Waals surface area contributed by atoms with Crippen LogP contribution in [0.3, 0.4) is 0 Å². The number of rotatable bonds is 3. The molecule has 3 aromatic carbocycles. The monoisotopic (exact) mass is 417 g/mol. The maximum atomic E-state index is 6.13. The van der Waals surface area contributed by atoms with Gasteiger partial charge in [-0.15, -0.1) is 12.4 Å². The van der Waals surface area contributed by atoms with E-state index in [9.17, 15) is 0 Å². The van der Waals surface area contributed by atoms with Crippen LogP contribution in [0.1, 0.15) is 5.56 Å². The van der Waals surface area contributed by atoms with E-state index in [0.717, 1.165) is 44.6 Å². The van der Waals surface area contributed by atoms with Crippen LogP contribution in [0.4, 0.5) is 5.82 Å². The Morgan fingerprint density at radius 1 is 0.933 bits per heavy atom. The van der Waals surface area contributed by atoms with Gasteiger partial charge in [0.1, 0.15) is 17.3 Å². The molecule has 0 unspecified atom stereocenters. The highest BCUT2D eigenvalue weighted by Gasteiger charge is 2.10. The van der Waals surface area contributed by atoms with E-state index in [2.05, 4.69) is 15.0 Å². The molecule has 5 rings (SSSR count). The average molecular weight is 418 g/mol. The zero-order valence-electron chi connectivity index (χ0n) is 16.5. The number of anilines is 1. The Bertz CT molecular complexity index is 1380. The summed E-state index contributed by atoms with van der Waals surface area (Å²) in [6.45, 7) is 2.00. The summed E-state index contributed by atoms with van der Waals surface area (Å²) in [7, 11) is 1.97. The van der Waals surface area contributed by atoms with Crippen LogP contribution in [0.25, 0.3) is 33.3 Å². The van der Waals surface area contributed by atoms with Gasteiger partial charge in [-0.25, -0.2) is 15.0 Å². The summed E-state index contributed by atoms with van der Waals surface area (Å²) in [6, 6.07) is 19.5. The van der Waals surface area contributed by atoms with E-state index in [1.165, 1.54) is 0 Å². The topological polar surface area (TPSA) is 78.8 Å². The number of nitrogen functional groups attached to an aromatic ring is 1. The first-order valence-corrected chi connectivity index (χ1v) is 9.31. The summed E-state index contributed by atoms with van der Waals surface area (Å²) in [5, 5.41) is 0.859. The molecule has 0 saturated carbocycles. The normalized spacial score (nSPS) is 10.9. The SMILES string of the molecule is Cc1cc(-c2nc(N)c3ccccc3n2)ccc1Oc1ccc2c(c1)ncn2C.Cl. The lowest BCUT2D eigenvalue weighted by Crippen LogP contribution is -1.98. The Labute approximate surface area is 179 Å². The molecule has 0 aliphatic carbocycles. The maximum Gasteiger partial charge on any atom is 0.162 e. The molecule has 7 heteroatoms. The summed E-state index contributed by atoms with van der Waals surface area (Å²) in [5.74, 6) is 2.61. The number of aryl methyl sites for hydroxylation is 2. The Morgan fingerprint density at radius 3 is 2.60 bits per heavy atom. The number of imidazole rings is 1. The van der Waals surface area contributed by atoms with Crippen molar-refractivity contribution in [1.82, 2.24) is 19.5 Å². The van der Waals surface area contributed by atoms with Crippen LogP contribution in [0.15, 0.2) is 67.0 Å². The molecule has 6 nitrogen and oxygen atoms in total. The van der Waals surface area contributed by atoms with Crippen molar-refractivity contribution in [2.75, 3.05) is 5.73 Å². The summed E-state index contributed by atoms with van der Waals surface area (Å²) >= 11 is 0. The minimum Gasteiger partial charge on any atom is -0.457 e. The lowest BCUT2D eigenvalue weighted by atomic mass is 10.1. The van der Waals surface area contributed by atoms with Crippen molar-refractivity contribution in [2.24, 2.45) is 7.05 Å². The first-order chi connectivity index (χ1) is 14.1. The van der Waals surface area contributed by atoms with Gasteiger partial charge in [0.2, 0.25) is 0 Å². The highest BCUT2D eigenvalue weighted by molar-refractivity contribution is 5.89. The van der Waals surface area contributed by atoms with Crippen molar-refractivity contribution in [3.05, 3.63) is 72.6 Å². The number of aromatic nitrogens is 4. The number of ether oxygens (including phenoxy) is 1. The number of fused-ring (bicyclic) bond motifs is 2. The van der Waals surface area contributed by atoms with Crippen LogP contribution in [-0.2, 0) is 7.05 Å². The number of nitrogens with zero attached hydrogens (tertiary/aromatic N) is 4. The van der Waals surface area contributed by atoms with Crippen molar-refractivity contribution in [3.63, 3.8) is 0 Å². The van der Waals surface area contributed by atoms with Gasteiger partial charge >= 0.3 is 0 Å². The van der Waals surface area contributed by atoms with E-state index in [-0.39, 0.29) is 12.4 Å². The minimum atomic E-state index is 0. The fraction of sp³-hybridized carbons (Fsp3) is 0.0870. The average Bonchev–Trinajstić information content (AvgIpc) is 3.10. The third kappa shape index (κ3) is 3.42. The van der Waals surface area contributed by atoms with Crippen LogP contribution in [0.5, 0.6) is 11.5 Å². The Hall–Kier alpha value is -3.64. The Kier molecular flexibility index (Phi) is 5.01. The van der Waals surface area contributed by atoms with Crippen LogP contribution < -0.4 is 10.5 Å². The Balaban J connectivity index is 0.00000218. The van der Waals surface area contributed by atoms with Gasteiger partial charge in [0.15, 0.2) is 5.82 Å². The molecular weight excluding hydrogens is 398 g/mol. The quantitative estimate of drug-likeness (QED) is 0.431. The fourth-order valence-corrected chi connectivity index (χ4v) is 3.44. The molecule has 0 atom stereocenters. The zero-order chi connectivity index (χ0) is 20.0. The van der Waals surface area contributed by atoms with E-state index >= 15 is 0 Å². The molecule has 30 heavy (non-hydrogen) atoms. The molecule has 0 aliphatic heterocycles. The van der Waals surface area contributed by atoms with E-state index in [1.54, 1.807) is 6.33 Å². The third-order valence-corrected chi connectivity index (χ3v) is 4.99. The van der Waals surface area contributed by atoms with Crippen LogP contribution in [-0.4, -0.2) is 19.5 Å². The van der Waals surface area contributed by atoms with Crippen LogP contribution >= 0.6 is 12.4 Å². The van der Waals surface area contributed by atoms with Gasteiger partial charge in [-0.05, 0) is 55.0 Å². The smallest absolute Gasteiger partial charge is 0.162 e. The standard InChI is InChI=1S/C23H19N5O.ClH/c1-14-11-15(23-26-18-6-4-3-5-17(18)22(24)27-23)7-10-21(14)29-16-8-9-20-19(12-16)25-13-28(20)2;/h3-13H,1-2H3,(H2,24,26,27);1H. The van der Waals surface area contributed by atoms with Crippen LogP contribution in [0.2, 0.25) is 0 Å². The molecule has 2 aromatic heterocycles. The number of hydrogen-bond acceptors (Lipinski definition) is 5. The second-order valence-corrected chi connectivity index (χ2v) is 7.04. The molecule has 0 amide bonds. The third-order valence-electron chi connectivity index (χ3n) is 4.99. The minimum absolute atomic E-state index is 0. The van der Waals surface area contributed by atoms with Crippen molar-refractivity contribution >= 4 is 40.2 Å². The van der Waals surface area contributed by atoms with Gasteiger partial charge in [0, 0.05) is 24.1 Å². The molecule has 2 heterocycles. The molecule has 0 fully saturated rings. The highest BCUT2D eigenvalue weighted by Crippen LogP contribution is 2.31. The largest absolute Gasteiger partial charge is 0.457 e. The molecule has 2 N–H and O–H groups in total. The van der Waals surface area contributed by atoms with Gasteiger partial charge in [-0.2, -0.15) is 0 Å². The number of hydrogen-bond donors (Lipinski definition) is 1. The molecule has 0 aliphatic rings. The van der Waals surface area contributed by atoms with Crippen molar-refractivity contribution < 1.29 is 4.74 Å². The van der Waals surface area contributed by atoms with Crippen molar-refractivity contribution in [3.8, 4) is 22.9 Å². The molecular formula is C23H20ClN5O.